The highest BCUT2D eigenvalue weighted by Crippen LogP contribution is 2.20. The molecule has 1 heterocycles. The van der Waals surface area contributed by atoms with Gasteiger partial charge in [-0.25, -0.2) is 0 Å². The minimum Gasteiger partial charge on any atom is -0.388 e. The van der Waals surface area contributed by atoms with Gasteiger partial charge in [-0.2, -0.15) is 0 Å². The van der Waals surface area contributed by atoms with E-state index < -0.39 is 30.6 Å². The summed E-state index contributed by atoms with van der Waals surface area (Å²) in [7, 11) is 0. The summed E-state index contributed by atoms with van der Waals surface area (Å²) < 4.78 is 4.98. The van der Waals surface area contributed by atoms with Crippen LogP contribution in [-0.4, -0.2) is 46.0 Å². The Labute approximate surface area is 74.2 Å². The first-order chi connectivity index (χ1) is 6.07. The van der Waals surface area contributed by atoms with Crippen LogP contribution in [-0.2, 0) is 4.74 Å². The summed E-state index contributed by atoms with van der Waals surface area (Å²) in [5.74, 6) is 0. The van der Waals surface area contributed by atoms with Gasteiger partial charge >= 0.3 is 0 Å². The summed E-state index contributed by atoms with van der Waals surface area (Å²) in [4.78, 5) is 2.70. The normalized spacial score (nSPS) is 45.4. The predicted molar refractivity (Wildman–Crippen MR) is 39.6 cm³/mol. The van der Waals surface area contributed by atoms with Crippen LogP contribution >= 0.6 is 0 Å². The van der Waals surface area contributed by atoms with Gasteiger partial charge in [0.05, 0.1) is 6.10 Å². The van der Waals surface area contributed by atoms with Gasteiger partial charge in [0, 0.05) is 0 Å². The number of ether oxygens (including phenoxy) is 1. The van der Waals surface area contributed by atoms with Crippen molar-refractivity contribution in [3.8, 4) is 0 Å². The van der Waals surface area contributed by atoms with E-state index in [2.05, 4.69) is 10.0 Å². The van der Waals surface area contributed by atoms with Crippen LogP contribution < -0.4 is 4.91 Å². The first kappa shape index (κ1) is 10.2. The number of nitrogens with zero attached hydrogens (tertiary/aromatic N) is 2. The van der Waals surface area contributed by atoms with Crippen LogP contribution in [0.4, 0.5) is 0 Å². The van der Waals surface area contributed by atoms with Crippen molar-refractivity contribution in [2.45, 2.75) is 37.6 Å². The van der Waals surface area contributed by atoms with E-state index in [1.54, 1.807) is 0 Å². The largest absolute Gasteiger partial charge is 0.388 e. The fourth-order valence-corrected chi connectivity index (χ4v) is 1.18. The summed E-state index contributed by atoms with van der Waals surface area (Å²) in [6, 6.07) is 0. The standard InChI is InChI=1S/C6H12N3O4/c1-2-3(10)4(11)5(12)6(13-2)8-9-7/h2-7,10-12H,1H3/q+1/t2-,3+,4+,5-,6-/m0/s1. The lowest BCUT2D eigenvalue weighted by Crippen LogP contribution is -2.55. The van der Waals surface area contributed by atoms with Crippen molar-refractivity contribution in [2.75, 3.05) is 0 Å². The van der Waals surface area contributed by atoms with Crippen LogP contribution in [0.15, 0.2) is 5.11 Å². The second-order valence-corrected chi connectivity index (χ2v) is 2.92. The zero-order chi connectivity index (χ0) is 10.0. The van der Waals surface area contributed by atoms with Crippen LogP contribution in [0.3, 0.4) is 0 Å². The van der Waals surface area contributed by atoms with Crippen LogP contribution in [0.2, 0.25) is 0 Å². The SMILES string of the molecule is C[C@@H]1O[C@H](N=[N+]=N)[C@@H](O)[C@H](O)[C@@H]1O. The molecule has 5 atom stereocenters. The van der Waals surface area contributed by atoms with Crippen LogP contribution in [0.5, 0.6) is 0 Å². The van der Waals surface area contributed by atoms with Crippen molar-refractivity contribution >= 4 is 0 Å². The summed E-state index contributed by atoms with van der Waals surface area (Å²) in [5.41, 5.74) is 6.43. The second kappa shape index (κ2) is 3.91. The van der Waals surface area contributed by atoms with Gasteiger partial charge in [-0.15, -0.1) is 0 Å². The van der Waals surface area contributed by atoms with Gasteiger partial charge in [-0.3, -0.25) is 0 Å². The van der Waals surface area contributed by atoms with E-state index in [-0.39, 0.29) is 0 Å². The Kier molecular flexibility index (Phi) is 3.07. The molecule has 0 aromatic carbocycles. The Bertz CT molecular complexity index is 230. The van der Waals surface area contributed by atoms with E-state index in [9.17, 15) is 15.3 Å². The molecule has 0 unspecified atom stereocenters. The lowest BCUT2D eigenvalue weighted by Gasteiger charge is -2.34. The Morgan fingerprint density at radius 3 is 2.38 bits per heavy atom. The fraction of sp³-hybridized carbons (Fsp3) is 1.00. The lowest BCUT2D eigenvalue weighted by atomic mass is 9.99. The molecule has 7 nitrogen and oxygen atoms in total. The minimum absolute atomic E-state index is 0.645. The maximum absolute atomic E-state index is 9.28. The van der Waals surface area contributed by atoms with Gasteiger partial charge in [0.2, 0.25) is 4.91 Å². The number of rotatable bonds is 1. The Balaban J connectivity index is 2.75. The fourth-order valence-electron chi connectivity index (χ4n) is 1.18. The Hall–Kier alpha value is -0.850. The monoisotopic (exact) mass is 190 g/mol. The van der Waals surface area contributed by atoms with Crippen LogP contribution in [0.1, 0.15) is 6.92 Å². The molecule has 1 saturated heterocycles. The quantitative estimate of drug-likeness (QED) is 0.293. The highest BCUT2D eigenvalue weighted by Gasteiger charge is 2.44. The molecule has 0 amide bonds. The molecule has 1 rings (SSSR count). The summed E-state index contributed by atoms with van der Waals surface area (Å²) >= 11 is 0. The van der Waals surface area contributed by atoms with Gasteiger partial charge in [-0.05, 0) is 6.92 Å². The number of aliphatic hydroxyl groups is 3. The summed E-state index contributed by atoms with van der Waals surface area (Å²) in [5, 5.41) is 31.1. The smallest absolute Gasteiger partial charge is 0.260 e. The molecule has 0 bridgehead atoms. The third kappa shape index (κ3) is 1.90. The van der Waals surface area contributed by atoms with Crippen molar-refractivity contribution in [3.63, 3.8) is 0 Å². The molecule has 0 aromatic heterocycles. The van der Waals surface area contributed by atoms with E-state index in [4.69, 9.17) is 10.3 Å². The minimum atomic E-state index is -1.35. The van der Waals surface area contributed by atoms with Crippen molar-refractivity contribution in [3.05, 3.63) is 0 Å². The van der Waals surface area contributed by atoms with Crippen molar-refractivity contribution < 1.29 is 20.1 Å². The predicted octanol–water partition coefficient (Wildman–Crippen LogP) is -1.64. The van der Waals surface area contributed by atoms with Crippen molar-refractivity contribution in [1.29, 1.82) is 5.53 Å². The second-order valence-electron chi connectivity index (χ2n) is 2.92. The average Bonchev–Trinajstić information content (AvgIpc) is 2.11. The van der Waals surface area contributed by atoms with Crippen LogP contribution in [0, 0.1) is 5.53 Å². The molecule has 0 aromatic rings. The molecule has 7 heteroatoms. The molecule has 1 aliphatic heterocycles. The van der Waals surface area contributed by atoms with Gasteiger partial charge in [0.1, 0.15) is 23.8 Å². The molecule has 1 fully saturated rings. The molecule has 0 radical (unpaired) electrons. The summed E-state index contributed by atoms with van der Waals surface area (Å²) in [6.45, 7) is 1.53. The first-order valence-electron chi connectivity index (χ1n) is 3.84. The molecular formula is C6H12N3O4+. The number of hydrogen-bond acceptors (Lipinski definition) is 6. The average molecular weight is 190 g/mol. The van der Waals surface area contributed by atoms with Crippen molar-refractivity contribution in [2.24, 2.45) is 5.11 Å². The van der Waals surface area contributed by atoms with E-state index in [1.165, 1.54) is 6.92 Å². The van der Waals surface area contributed by atoms with E-state index in [0.717, 1.165) is 0 Å². The maximum atomic E-state index is 9.28. The molecule has 1 aliphatic rings. The highest BCUT2D eigenvalue weighted by atomic mass is 16.5. The van der Waals surface area contributed by atoms with Gasteiger partial charge < -0.3 is 20.1 Å². The third-order valence-electron chi connectivity index (χ3n) is 2.00. The Morgan fingerprint density at radius 1 is 1.23 bits per heavy atom. The number of aliphatic hydroxyl groups excluding tert-OH is 3. The molecule has 4 N–H and O–H groups in total. The van der Waals surface area contributed by atoms with E-state index in [1.807, 2.05) is 0 Å². The molecule has 74 valence electrons. The Morgan fingerprint density at radius 2 is 1.85 bits per heavy atom. The molecule has 0 spiro atoms. The number of nitrogens with one attached hydrogen (secondary N) is 1. The van der Waals surface area contributed by atoms with Gasteiger partial charge in [0.25, 0.3) is 6.23 Å². The zero-order valence-electron chi connectivity index (χ0n) is 7.03. The molecule has 0 aliphatic carbocycles. The molecule has 0 saturated carbocycles. The van der Waals surface area contributed by atoms with Crippen LogP contribution in [0.25, 0.3) is 0 Å². The van der Waals surface area contributed by atoms with Crippen molar-refractivity contribution in [1.82, 2.24) is 4.91 Å². The topological polar surface area (TPSA) is 120 Å². The molecular weight excluding hydrogens is 178 g/mol. The molecule has 13 heavy (non-hydrogen) atoms. The third-order valence-corrected chi connectivity index (χ3v) is 2.00. The lowest BCUT2D eigenvalue weighted by molar-refractivity contribution is -0.216. The maximum Gasteiger partial charge on any atom is 0.260 e. The zero-order valence-corrected chi connectivity index (χ0v) is 7.03. The van der Waals surface area contributed by atoms with Gasteiger partial charge in [0.15, 0.2) is 5.11 Å². The highest BCUT2D eigenvalue weighted by molar-refractivity contribution is 4.88. The van der Waals surface area contributed by atoms with E-state index >= 15 is 0 Å². The van der Waals surface area contributed by atoms with Gasteiger partial charge in [-0.1, -0.05) is 0 Å². The first-order valence-corrected chi connectivity index (χ1v) is 3.84. The number of hydrogen-bond donors (Lipinski definition) is 4. The summed E-state index contributed by atoms with van der Waals surface area (Å²) in [6.07, 6.45) is -5.54. The van der Waals surface area contributed by atoms with E-state index in [0.29, 0.717) is 0 Å².